The van der Waals surface area contributed by atoms with Crippen molar-refractivity contribution >= 4 is 23.2 Å². The number of rotatable bonds is 3. The van der Waals surface area contributed by atoms with Gasteiger partial charge in [-0.15, -0.1) is 0 Å². The number of anilines is 1. The summed E-state index contributed by atoms with van der Waals surface area (Å²) in [6.45, 7) is 0. The fourth-order valence-electron chi connectivity index (χ4n) is 1.64. The van der Waals surface area contributed by atoms with E-state index >= 15 is 0 Å². The van der Waals surface area contributed by atoms with Crippen molar-refractivity contribution in [1.29, 1.82) is 5.26 Å². The molecule has 2 aromatic rings. The Hall–Kier alpha value is -2.65. The molecule has 1 amide bonds. The van der Waals surface area contributed by atoms with Crippen LogP contribution in [-0.2, 0) is 0 Å². The molecule has 0 fully saturated rings. The van der Waals surface area contributed by atoms with Crippen molar-refractivity contribution in [1.82, 2.24) is 4.98 Å². The molecule has 0 atom stereocenters. The molecule has 1 aromatic heterocycles. The van der Waals surface area contributed by atoms with E-state index in [1.165, 1.54) is 25.3 Å². The number of carbonyl (C=O) groups is 1. The summed E-state index contributed by atoms with van der Waals surface area (Å²) in [7, 11) is 1.41. The van der Waals surface area contributed by atoms with Gasteiger partial charge in [-0.1, -0.05) is 11.6 Å². The number of halogens is 2. The fourth-order valence-corrected chi connectivity index (χ4v) is 1.82. The normalized spacial score (nSPS) is 9.81. The van der Waals surface area contributed by atoms with Gasteiger partial charge in [-0.05, 0) is 18.2 Å². The minimum absolute atomic E-state index is 0.0944. The van der Waals surface area contributed by atoms with Gasteiger partial charge in [0.1, 0.15) is 16.7 Å². The highest BCUT2D eigenvalue weighted by Gasteiger charge is 2.15. The monoisotopic (exact) mass is 305 g/mol. The quantitative estimate of drug-likeness (QED) is 0.885. The number of amides is 1. The first-order valence-corrected chi connectivity index (χ1v) is 6.13. The average molecular weight is 306 g/mol. The Kier molecular flexibility index (Phi) is 4.36. The maximum Gasteiger partial charge on any atom is 0.259 e. The highest BCUT2D eigenvalue weighted by Crippen LogP contribution is 2.26. The number of benzene rings is 1. The van der Waals surface area contributed by atoms with Crippen molar-refractivity contribution < 1.29 is 13.9 Å². The Morgan fingerprint density at radius 2 is 2.24 bits per heavy atom. The van der Waals surface area contributed by atoms with E-state index in [0.717, 1.165) is 12.3 Å². The van der Waals surface area contributed by atoms with E-state index in [-0.39, 0.29) is 10.7 Å². The first kappa shape index (κ1) is 14.8. The van der Waals surface area contributed by atoms with Crippen LogP contribution in [0, 0.1) is 17.1 Å². The zero-order valence-electron chi connectivity index (χ0n) is 10.9. The Balaban J connectivity index is 2.32. The summed E-state index contributed by atoms with van der Waals surface area (Å²) in [4.78, 5) is 15.7. The molecule has 0 unspecified atom stereocenters. The van der Waals surface area contributed by atoms with E-state index in [9.17, 15) is 9.18 Å². The number of hydrogen-bond acceptors (Lipinski definition) is 4. The van der Waals surface area contributed by atoms with Gasteiger partial charge in [0.25, 0.3) is 5.91 Å². The molecule has 0 aliphatic heterocycles. The summed E-state index contributed by atoms with van der Waals surface area (Å²) in [5, 5.41) is 11.2. The van der Waals surface area contributed by atoms with E-state index in [0.29, 0.717) is 17.0 Å². The minimum atomic E-state index is -0.670. The lowest BCUT2D eigenvalue weighted by atomic mass is 10.2. The Morgan fingerprint density at radius 1 is 1.48 bits per heavy atom. The third-order valence-corrected chi connectivity index (χ3v) is 2.93. The second-order valence-corrected chi connectivity index (χ2v) is 4.33. The number of nitrogens with one attached hydrogen (secondary N) is 1. The third-order valence-electron chi connectivity index (χ3n) is 2.63. The average Bonchev–Trinajstić information content (AvgIpc) is 2.49. The number of aromatic nitrogens is 1. The number of methoxy groups -OCH3 is 1. The van der Waals surface area contributed by atoms with Crippen LogP contribution in [0.3, 0.4) is 0 Å². The smallest absolute Gasteiger partial charge is 0.259 e. The molecular weight excluding hydrogens is 297 g/mol. The van der Waals surface area contributed by atoms with E-state index < -0.39 is 11.7 Å². The van der Waals surface area contributed by atoms with E-state index in [2.05, 4.69) is 10.3 Å². The van der Waals surface area contributed by atoms with E-state index in [4.69, 9.17) is 21.6 Å². The maximum absolute atomic E-state index is 13.1. The molecule has 0 saturated carbocycles. The van der Waals surface area contributed by atoms with Gasteiger partial charge in [0.15, 0.2) is 0 Å². The second-order valence-electron chi connectivity index (χ2n) is 3.97. The van der Waals surface area contributed by atoms with Gasteiger partial charge in [0.05, 0.1) is 36.2 Å². The summed E-state index contributed by atoms with van der Waals surface area (Å²) in [5.74, 6) is -0.991. The van der Waals surface area contributed by atoms with Crippen LogP contribution in [-0.4, -0.2) is 18.0 Å². The molecule has 21 heavy (non-hydrogen) atoms. The summed E-state index contributed by atoms with van der Waals surface area (Å²) in [6.07, 6.45) is 0.918. The standard InChI is InChI=1S/C14H9ClFN3O2/c1-21-12-4-8(6-17)2-3-11(12)19-14(20)10-5-9(16)7-18-13(10)15/h2-5,7H,1H3,(H,19,20). The number of pyridine rings is 1. The van der Waals surface area contributed by atoms with Gasteiger partial charge in [-0.2, -0.15) is 5.26 Å². The zero-order valence-corrected chi connectivity index (χ0v) is 11.6. The molecule has 0 bridgehead atoms. The van der Waals surface area contributed by atoms with E-state index in [1.807, 2.05) is 6.07 Å². The molecule has 0 spiro atoms. The Labute approximate surface area is 124 Å². The lowest BCUT2D eigenvalue weighted by Crippen LogP contribution is -2.14. The van der Waals surface area contributed by atoms with Gasteiger partial charge in [-0.3, -0.25) is 4.79 Å². The van der Waals surface area contributed by atoms with Gasteiger partial charge in [-0.25, -0.2) is 9.37 Å². The van der Waals surface area contributed by atoms with Crippen LogP contribution in [0.4, 0.5) is 10.1 Å². The second kappa shape index (κ2) is 6.20. The number of carbonyl (C=O) groups excluding carboxylic acids is 1. The molecule has 106 valence electrons. The summed E-state index contributed by atoms with van der Waals surface area (Å²) in [6, 6.07) is 7.44. The maximum atomic E-state index is 13.1. The van der Waals surface area contributed by atoms with Crippen molar-refractivity contribution in [3.8, 4) is 11.8 Å². The number of hydrogen-bond donors (Lipinski definition) is 1. The van der Waals surface area contributed by atoms with Crippen LogP contribution in [0.5, 0.6) is 5.75 Å². The molecule has 1 heterocycles. The van der Waals surface area contributed by atoms with Crippen LogP contribution < -0.4 is 10.1 Å². The predicted octanol–water partition coefficient (Wildman–Crippen LogP) is 3.01. The number of ether oxygens (including phenoxy) is 1. The van der Waals surface area contributed by atoms with Crippen molar-refractivity contribution in [2.24, 2.45) is 0 Å². The molecule has 0 radical (unpaired) electrons. The number of nitrogens with zero attached hydrogens (tertiary/aromatic N) is 2. The third kappa shape index (κ3) is 3.27. The van der Waals surface area contributed by atoms with E-state index in [1.54, 1.807) is 0 Å². The van der Waals surface area contributed by atoms with Crippen LogP contribution in [0.25, 0.3) is 0 Å². The molecule has 1 aromatic carbocycles. The highest BCUT2D eigenvalue weighted by atomic mass is 35.5. The van der Waals surface area contributed by atoms with Crippen molar-refractivity contribution in [2.45, 2.75) is 0 Å². The molecule has 5 nitrogen and oxygen atoms in total. The van der Waals surface area contributed by atoms with Gasteiger partial charge >= 0.3 is 0 Å². The van der Waals surface area contributed by atoms with Crippen LogP contribution in [0.15, 0.2) is 30.5 Å². The first-order chi connectivity index (χ1) is 10.0. The molecule has 0 saturated heterocycles. The topological polar surface area (TPSA) is 75.0 Å². The van der Waals surface area contributed by atoms with Crippen LogP contribution >= 0.6 is 11.6 Å². The van der Waals surface area contributed by atoms with Gasteiger partial charge in [0.2, 0.25) is 0 Å². The minimum Gasteiger partial charge on any atom is -0.495 e. The molecule has 7 heteroatoms. The SMILES string of the molecule is COc1cc(C#N)ccc1NC(=O)c1cc(F)cnc1Cl. The lowest BCUT2D eigenvalue weighted by Gasteiger charge is -2.11. The Bertz CT molecular complexity index is 743. The fraction of sp³-hybridized carbons (Fsp3) is 0.0714. The van der Waals surface area contributed by atoms with Gasteiger partial charge in [0, 0.05) is 6.07 Å². The van der Waals surface area contributed by atoms with Crippen LogP contribution in [0.2, 0.25) is 5.15 Å². The molecular formula is C14H9ClFN3O2. The summed E-state index contributed by atoms with van der Waals surface area (Å²) >= 11 is 5.77. The van der Waals surface area contributed by atoms with Crippen LogP contribution in [0.1, 0.15) is 15.9 Å². The van der Waals surface area contributed by atoms with Gasteiger partial charge < -0.3 is 10.1 Å². The predicted molar refractivity (Wildman–Crippen MR) is 74.9 cm³/mol. The largest absolute Gasteiger partial charge is 0.495 e. The Morgan fingerprint density at radius 3 is 2.90 bits per heavy atom. The van der Waals surface area contributed by atoms with Crippen molar-refractivity contribution in [2.75, 3.05) is 12.4 Å². The highest BCUT2D eigenvalue weighted by molar-refractivity contribution is 6.33. The van der Waals surface area contributed by atoms with Crippen molar-refractivity contribution in [3.63, 3.8) is 0 Å². The molecule has 2 rings (SSSR count). The first-order valence-electron chi connectivity index (χ1n) is 5.75. The zero-order chi connectivity index (χ0) is 15.4. The molecule has 0 aliphatic rings. The lowest BCUT2D eigenvalue weighted by molar-refractivity contribution is 0.102. The van der Waals surface area contributed by atoms with Crippen molar-refractivity contribution in [3.05, 3.63) is 52.6 Å². The summed E-state index contributed by atoms with van der Waals surface area (Å²) < 4.78 is 18.2. The summed E-state index contributed by atoms with van der Waals surface area (Å²) in [5.41, 5.74) is 0.625. The molecule has 1 N–H and O–H groups in total. The number of nitriles is 1. The molecule has 0 aliphatic carbocycles.